The maximum absolute atomic E-state index is 11.9. The highest BCUT2D eigenvalue weighted by Gasteiger charge is 2.37. The molecular formula is C13H8O10S. The van der Waals surface area contributed by atoms with Crippen molar-refractivity contribution in [3.8, 4) is 0 Å². The van der Waals surface area contributed by atoms with Gasteiger partial charge in [-0.15, -0.1) is 0 Å². The zero-order valence-electron chi connectivity index (χ0n) is 11.9. The summed E-state index contributed by atoms with van der Waals surface area (Å²) in [7, 11) is -4.75. The zero-order chi connectivity index (χ0) is 18.0. The third-order valence-electron chi connectivity index (χ3n) is 3.55. The van der Waals surface area contributed by atoms with Crippen LogP contribution in [-0.4, -0.2) is 23.8 Å². The van der Waals surface area contributed by atoms with Crippen LogP contribution in [0.4, 0.5) is 0 Å². The quantitative estimate of drug-likeness (QED) is 0.531. The minimum atomic E-state index is -4.75. The van der Waals surface area contributed by atoms with E-state index in [0.717, 1.165) is 13.0 Å². The van der Waals surface area contributed by atoms with E-state index in [2.05, 4.69) is 8.83 Å². The van der Waals surface area contributed by atoms with E-state index in [1.807, 2.05) is 0 Å². The van der Waals surface area contributed by atoms with Crippen LogP contribution < -0.4 is 22.5 Å². The summed E-state index contributed by atoms with van der Waals surface area (Å²) < 4.78 is 40.0. The van der Waals surface area contributed by atoms with Crippen LogP contribution in [-0.2, 0) is 15.7 Å². The van der Waals surface area contributed by atoms with Crippen LogP contribution in [0.1, 0.15) is 12.5 Å². The summed E-state index contributed by atoms with van der Waals surface area (Å²) in [6, 6.07) is 0.901. The summed E-state index contributed by atoms with van der Waals surface area (Å²) in [6.07, 6.45) is 0. The minimum absolute atomic E-state index is 0.420. The van der Waals surface area contributed by atoms with Gasteiger partial charge >= 0.3 is 22.5 Å². The smallest absolute Gasteiger partial charge is 0.347 e. The normalized spacial score (nSPS) is 15.1. The maximum atomic E-state index is 11.9. The monoisotopic (exact) mass is 356 g/mol. The van der Waals surface area contributed by atoms with Crippen LogP contribution in [0.15, 0.2) is 34.1 Å². The second kappa shape index (κ2) is 4.69. The summed E-state index contributed by atoms with van der Waals surface area (Å²) in [5, 5.41) is 8.53. The molecule has 0 spiro atoms. The van der Waals surface area contributed by atoms with Gasteiger partial charge in [-0.2, -0.15) is 8.42 Å². The molecule has 0 saturated carbocycles. The molecule has 3 aromatic rings. The lowest BCUT2D eigenvalue weighted by molar-refractivity contribution is 0.0831. The Morgan fingerprint density at radius 2 is 1.38 bits per heavy atom. The van der Waals surface area contributed by atoms with E-state index in [0.29, 0.717) is 0 Å². The van der Waals surface area contributed by atoms with Gasteiger partial charge in [-0.25, -0.2) is 19.2 Å². The Labute approximate surface area is 131 Å². The molecule has 126 valence electrons. The van der Waals surface area contributed by atoms with Crippen LogP contribution >= 0.6 is 0 Å². The maximum Gasteiger partial charge on any atom is 0.347 e. The predicted octanol–water partition coefficient (Wildman–Crippen LogP) is -1.41. The third-order valence-corrected chi connectivity index (χ3v) is 4.48. The largest absolute Gasteiger partial charge is 0.386 e. The fraction of sp³-hybridized carbons (Fsp3) is 0.231. The average molecular weight is 356 g/mol. The van der Waals surface area contributed by atoms with Gasteiger partial charge in [0.05, 0.1) is 21.5 Å². The van der Waals surface area contributed by atoms with Crippen molar-refractivity contribution in [2.45, 2.75) is 12.5 Å². The lowest BCUT2D eigenvalue weighted by Crippen LogP contribution is -2.32. The van der Waals surface area contributed by atoms with E-state index in [9.17, 15) is 32.7 Å². The molecule has 2 N–H and O–H groups in total. The van der Waals surface area contributed by atoms with Gasteiger partial charge in [0.1, 0.15) is 11.4 Å². The molecule has 0 amide bonds. The number of hydrogen-bond acceptors (Lipinski definition) is 9. The van der Waals surface area contributed by atoms with Crippen LogP contribution in [0.5, 0.6) is 0 Å². The van der Waals surface area contributed by atoms with E-state index in [1.54, 1.807) is 0 Å². The van der Waals surface area contributed by atoms with Crippen LogP contribution in [0.2, 0.25) is 0 Å². The van der Waals surface area contributed by atoms with Gasteiger partial charge in [0.25, 0.3) is 10.1 Å². The molecule has 3 rings (SSSR count). The fourth-order valence-electron chi connectivity index (χ4n) is 2.78. The Bertz CT molecular complexity index is 1220. The highest BCUT2D eigenvalue weighted by Crippen LogP contribution is 2.32. The predicted molar refractivity (Wildman–Crippen MR) is 79.4 cm³/mol. The van der Waals surface area contributed by atoms with Crippen molar-refractivity contribution < 1.29 is 26.9 Å². The van der Waals surface area contributed by atoms with E-state index >= 15 is 0 Å². The van der Waals surface area contributed by atoms with Gasteiger partial charge in [-0.1, -0.05) is 0 Å². The third kappa shape index (κ3) is 2.29. The molecule has 1 atom stereocenters. The molecule has 11 heteroatoms. The number of fused-ring (bicyclic) bond motifs is 2. The van der Waals surface area contributed by atoms with E-state index in [-0.39, 0.29) is 0 Å². The second-order valence-electron chi connectivity index (χ2n) is 5.45. The Hall–Kier alpha value is -2.63. The molecule has 2 aromatic heterocycles. The lowest BCUT2D eigenvalue weighted by Gasteiger charge is -2.22. The fourth-order valence-corrected chi connectivity index (χ4v) is 3.63. The molecule has 0 aliphatic heterocycles. The Kier molecular flexibility index (Phi) is 3.17. The molecule has 0 radical (unpaired) electrons. The number of benzene rings is 1. The zero-order valence-corrected chi connectivity index (χ0v) is 12.7. The Morgan fingerprint density at radius 1 is 0.958 bits per heavy atom. The van der Waals surface area contributed by atoms with Crippen molar-refractivity contribution in [3.63, 3.8) is 0 Å². The summed E-state index contributed by atoms with van der Waals surface area (Å²) in [5.41, 5.74) is -7.83. The van der Waals surface area contributed by atoms with E-state index < -0.39 is 71.1 Å². The van der Waals surface area contributed by atoms with Crippen molar-refractivity contribution in [2.75, 3.05) is 5.75 Å². The number of hydrogen-bond donors (Lipinski definition) is 2. The molecule has 0 bridgehead atoms. The Balaban J connectivity index is 2.65. The molecule has 2 heterocycles. The first-order valence-corrected chi connectivity index (χ1v) is 7.95. The number of aliphatic hydroxyl groups is 1. The summed E-state index contributed by atoms with van der Waals surface area (Å²) in [6.45, 7) is 0.892. The average Bonchev–Trinajstić information content (AvgIpc) is 2.83. The first kappa shape index (κ1) is 16.2. The van der Waals surface area contributed by atoms with Crippen molar-refractivity contribution in [2.24, 2.45) is 0 Å². The van der Waals surface area contributed by atoms with E-state index in [1.165, 1.54) is 0 Å². The molecular weight excluding hydrogens is 348 g/mol. The van der Waals surface area contributed by atoms with Crippen LogP contribution in [0, 0.1) is 0 Å². The van der Waals surface area contributed by atoms with Gasteiger partial charge in [0.2, 0.25) is 0 Å². The van der Waals surface area contributed by atoms with Crippen LogP contribution in [0.3, 0.4) is 0 Å². The highest BCUT2D eigenvalue weighted by molar-refractivity contribution is 7.85. The molecule has 10 nitrogen and oxygen atoms in total. The van der Waals surface area contributed by atoms with Gasteiger partial charge in [-0.3, -0.25) is 4.55 Å². The molecule has 1 aromatic carbocycles. The lowest BCUT2D eigenvalue weighted by atomic mass is 9.90. The first-order valence-electron chi connectivity index (χ1n) is 6.34. The molecule has 24 heavy (non-hydrogen) atoms. The second-order valence-corrected chi connectivity index (χ2v) is 6.90. The Morgan fingerprint density at radius 3 is 1.75 bits per heavy atom. The van der Waals surface area contributed by atoms with Gasteiger partial charge in [0.15, 0.2) is 0 Å². The SMILES string of the molecule is CC(O)(CS(=O)(=O)O)c1c2c(=O)oc(=O)c2cc2c(=O)oc(=O)c12. The summed E-state index contributed by atoms with van der Waals surface area (Å²) in [4.78, 5) is 47.2. The number of rotatable bonds is 3. The molecule has 0 aliphatic carbocycles. The van der Waals surface area contributed by atoms with Gasteiger partial charge < -0.3 is 13.9 Å². The number of furan rings is 2. The van der Waals surface area contributed by atoms with Gasteiger partial charge in [-0.05, 0) is 13.0 Å². The highest BCUT2D eigenvalue weighted by atomic mass is 32.2. The first-order chi connectivity index (χ1) is 10.9. The molecule has 0 aliphatic rings. The standard InChI is InChI=1S/C13H8O10S/c1-13(18,3-24(19,20)21)8-6-4(9(14)22-11(6)16)2-5-7(8)12(17)23-10(5)15/h2,18H,3H2,1H3,(H,19,20,21). The topological polar surface area (TPSA) is 169 Å². The van der Waals surface area contributed by atoms with Crippen molar-refractivity contribution in [1.29, 1.82) is 0 Å². The molecule has 1 unspecified atom stereocenters. The summed E-state index contributed by atoms with van der Waals surface area (Å²) in [5.74, 6) is -1.30. The van der Waals surface area contributed by atoms with Crippen molar-refractivity contribution in [3.05, 3.63) is 53.3 Å². The molecule has 0 saturated heterocycles. The summed E-state index contributed by atoms with van der Waals surface area (Å²) >= 11 is 0. The van der Waals surface area contributed by atoms with Crippen LogP contribution in [0.25, 0.3) is 21.5 Å². The van der Waals surface area contributed by atoms with Gasteiger partial charge in [0, 0.05) is 5.56 Å². The molecule has 0 fully saturated rings. The van der Waals surface area contributed by atoms with E-state index in [4.69, 9.17) is 4.55 Å². The van der Waals surface area contributed by atoms with Crippen molar-refractivity contribution in [1.82, 2.24) is 0 Å². The van der Waals surface area contributed by atoms with Crippen molar-refractivity contribution >= 4 is 31.7 Å². The minimum Gasteiger partial charge on any atom is -0.386 e.